The molecule has 1 aliphatic carbocycles. The maximum Gasteiger partial charge on any atom is 0.191 e. The van der Waals surface area contributed by atoms with Crippen LogP contribution in [-0.4, -0.2) is 73.8 Å². The van der Waals surface area contributed by atoms with E-state index in [1.165, 1.54) is 42.8 Å². The molecule has 1 atom stereocenters. The van der Waals surface area contributed by atoms with Gasteiger partial charge in [-0.15, -0.1) is 0 Å². The van der Waals surface area contributed by atoms with Gasteiger partial charge in [-0.2, -0.15) is 11.8 Å². The number of nitrogens with zero attached hydrogens (tertiary/aromatic N) is 2. The Morgan fingerprint density at radius 1 is 1.14 bits per heavy atom. The second-order valence-corrected chi connectivity index (χ2v) is 9.78. The van der Waals surface area contributed by atoms with Crippen LogP contribution >= 0.6 is 11.8 Å². The van der Waals surface area contributed by atoms with E-state index in [-0.39, 0.29) is 11.0 Å². The van der Waals surface area contributed by atoms with Gasteiger partial charge in [-0.1, -0.05) is 36.8 Å². The predicted octanol–water partition coefficient (Wildman–Crippen LogP) is 2.87. The Labute approximate surface area is 180 Å². The Morgan fingerprint density at radius 2 is 1.93 bits per heavy atom. The normalized spacial score (nSPS) is 27.4. The highest BCUT2D eigenvalue weighted by atomic mass is 32.2. The molecule has 3 aliphatic rings. The summed E-state index contributed by atoms with van der Waals surface area (Å²) in [5.74, 6) is 3.40. The van der Waals surface area contributed by atoms with Crippen LogP contribution in [0.4, 0.5) is 0 Å². The fraction of sp³-hybridized carbons (Fsp3) is 0.696. The molecule has 0 bridgehead atoms. The molecule has 6 heteroatoms. The summed E-state index contributed by atoms with van der Waals surface area (Å²) in [7, 11) is 0. The van der Waals surface area contributed by atoms with Crippen LogP contribution in [0.25, 0.3) is 0 Å². The molecule has 2 heterocycles. The molecule has 160 valence electrons. The third-order valence-electron chi connectivity index (χ3n) is 6.93. The van der Waals surface area contributed by atoms with Gasteiger partial charge in [0, 0.05) is 37.3 Å². The fourth-order valence-corrected chi connectivity index (χ4v) is 6.36. The number of rotatable bonds is 7. The van der Waals surface area contributed by atoms with Gasteiger partial charge < -0.3 is 15.4 Å². The van der Waals surface area contributed by atoms with Crippen molar-refractivity contribution < 1.29 is 4.74 Å². The number of guanidine groups is 1. The maximum absolute atomic E-state index is 5.60. The average Bonchev–Trinajstić information content (AvgIpc) is 3.23. The minimum atomic E-state index is 0.199. The number of benzene rings is 1. The van der Waals surface area contributed by atoms with E-state index < -0.39 is 0 Å². The molecule has 29 heavy (non-hydrogen) atoms. The first-order valence-electron chi connectivity index (χ1n) is 11.2. The summed E-state index contributed by atoms with van der Waals surface area (Å²) in [5, 5.41) is 7.18. The maximum atomic E-state index is 5.60. The van der Waals surface area contributed by atoms with E-state index in [1.54, 1.807) is 0 Å². The Morgan fingerprint density at radius 3 is 2.55 bits per heavy atom. The molecule has 0 amide bonds. The fourth-order valence-electron chi connectivity index (χ4n) is 4.89. The molecule has 1 aromatic carbocycles. The van der Waals surface area contributed by atoms with Gasteiger partial charge in [0.25, 0.3) is 0 Å². The molecule has 1 aromatic rings. The topological polar surface area (TPSA) is 48.9 Å². The minimum Gasteiger partial charge on any atom is -0.379 e. The molecule has 2 saturated heterocycles. The highest BCUT2D eigenvalue weighted by molar-refractivity contribution is 7.99. The molecule has 2 N–H and O–H groups in total. The summed E-state index contributed by atoms with van der Waals surface area (Å²) >= 11 is 2.07. The average molecular weight is 417 g/mol. The van der Waals surface area contributed by atoms with E-state index in [0.29, 0.717) is 0 Å². The largest absolute Gasteiger partial charge is 0.379 e. The van der Waals surface area contributed by atoms with Crippen LogP contribution < -0.4 is 10.6 Å². The number of hydrogen-bond acceptors (Lipinski definition) is 4. The highest BCUT2D eigenvalue weighted by Gasteiger charge is 2.41. The van der Waals surface area contributed by atoms with Crippen molar-refractivity contribution in [2.75, 3.05) is 57.4 Å². The summed E-state index contributed by atoms with van der Waals surface area (Å²) < 4.78 is 5.60. The molecule has 1 unspecified atom stereocenters. The lowest BCUT2D eigenvalue weighted by atomic mass is 9.64. The van der Waals surface area contributed by atoms with Gasteiger partial charge in [0.2, 0.25) is 0 Å². The highest BCUT2D eigenvalue weighted by Crippen LogP contribution is 2.43. The van der Waals surface area contributed by atoms with Crippen molar-refractivity contribution in [1.82, 2.24) is 15.5 Å². The summed E-state index contributed by atoms with van der Waals surface area (Å²) in [6.07, 6.45) is 5.08. The van der Waals surface area contributed by atoms with E-state index in [9.17, 15) is 0 Å². The van der Waals surface area contributed by atoms with Crippen molar-refractivity contribution in [1.29, 1.82) is 0 Å². The van der Waals surface area contributed by atoms with Crippen LogP contribution in [0.5, 0.6) is 0 Å². The first-order chi connectivity index (χ1) is 14.3. The van der Waals surface area contributed by atoms with Crippen molar-refractivity contribution >= 4 is 17.7 Å². The molecule has 4 rings (SSSR count). The number of morpholine rings is 1. The van der Waals surface area contributed by atoms with Gasteiger partial charge in [-0.3, -0.25) is 9.89 Å². The Kier molecular flexibility index (Phi) is 7.04. The smallest absolute Gasteiger partial charge is 0.191 e. The molecule has 0 spiro atoms. The van der Waals surface area contributed by atoms with Gasteiger partial charge in [0.05, 0.1) is 25.3 Å². The number of hydrogen-bond donors (Lipinski definition) is 2. The number of thioether (sulfide) groups is 1. The van der Waals surface area contributed by atoms with Crippen molar-refractivity contribution in [3.05, 3.63) is 35.9 Å². The summed E-state index contributed by atoms with van der Waals surface area (Å²) in [6.45, 7) is 8.66. The standard InChI is InChI=1S/C23H36N4OS/c1-2-24-21(25-17-22(9-6-10-22)20-7-4-3-5-8-20)26-18-23(11-16-29-19-23)27-12-14-28-15-13-27/h3-5,7-8H,2,6,9-19H2,1H3,(H2,24,25,26). The van der Waals surface area contributed by atoms with Gasteiger partial charge in [0.1, 0.15) is 0 Å². The lowest BCUT2D eigenvalue weighted by Gasteiger charge is -2.43. The molecule has 3 fully saturated rings. The Balaban J connectivity index is 1.43. The van der Waals surface area contributed by atoms with E-state index >= 15 is 0 Å². The quantitative estimate of drug-likeness (QED) is 0.529. The van der Waals surface area contributed by atoms with Gasteiger partial charge in [-0.05, 0) is 37.5 Å². The van der Waals surface area contributed by atoms with Crippen LogP contribution in [0.1, 0.15) is 38.2 Å². The zero-order valence-corrected chi connectivity index (χ0v) is 18.6. The number of aliphatic imine (C=N–C) groups is 1. The second-order valence-electron chi connectivity index (χ2n) is 8.67. The van der Waals surface area contributed by atoms with Crippen molar-refractivity contribution in [3.63, 3.8) is 0 Å². The lowest BCUT2D eigenvalue weighted by Crippen LogP contribution is -2.56. The predicted molar refractivity (Wildman–Crippen MR) is 123 cm³/mol. The Bertz CT molecular complexity index is 665. The monoisotopic (exact) mass is 416 g/mol. The molecule has 0 aromatic heterocycles. The summed E-state index contributed by atoms with van der Waals surface area (Å²) in [6, 6.07) is 11.0. The molecule has 5 nitrogen and oxygen atoms in total. The molecule has 0 radical (unpaired) electrons. The third kappa shape index (κ3) is 4.75. The van der Waals surface area contributed by atoms with Crippen LogP contribution in [0, 0.1) is 0 Å². The molecule has 1 saturated carbocycles. The molecular weight excluding hydrogens is 380 g/mol. The molecule has 2 aliphatic heterocycles. The van der Waals surface area contributed by atoms with Gasteiger partial charge in [-0.25, -0.2) is 0 Å². The first kappa shape index (κ1) is 21.0. The second kappa shape index (κ2) is 9.71. The van der Waals surface area contributed by atoms with Crippen LogP contribution in [0.2, 0.25) is 0 Å². The van der Waals surface area contributed by atoms with E-state index in [1.807, 2.05) is 0 Å². The zero-order valence-electron chi connectivity index (χ0n) is 17.8. The molecular formula is C23H36N4OS. The minimum absolute atomic E-state index is 0.199. The van der Waals surface area contributed by atoms with Crippen LogP contribution in [-0.2, 0) is 10.2 Å². The Hall–Kier alpha value is -1.24. The SMILES string of the molecule is CCNC(=NCC1(N2CCOCC2)CCSC1)NCC1(c2ccccc2)CCC1. The van der Waals surface area contributed by atoms with Crippen LogP contribution in [0.3, 0.4) is 0 Å². The van der Waals surface area contributed by atoms with Crippen molar-refractivity contribution in [2.24, 2.45) is 4.99 Å². The number of nitrogens with one attached hydrogen (secondary N) is 2. The third-order valence-corrected chi connectivity index (χ3v) is 8.17. The summed E-state index contributed by atoms with van der Waals surface area (Å²) in [5.41, 5.74) is 1.93. The first-order valence-corrected chi connectivity index (χ1v) is 12.4. The number of ether oxygens (including phenoxy) is 1. The van der Waals surface area contributed by atoms with E-state index in [4.69, 9.17) is 9.73 Å². The van der Waals surface area contributed by atoms with E-state index in [2.05, 4.69) is 64.6 Å². The van der Waals surface area contributed by atoms with Crippen molar-refractivity contribution in [3.8, 4) is 0 Å². The zero-order chi connectivity index (χ0) is 20.0. The van der Waals surface area contributed by atoms with E-state index in [0.717, 1.165) is 51.9 Å². The van der Waals surface area contributed by atoms with Gasteiger partial charge in [0.15, 0.2) is 5.96 Å². The van der Waals surface area contributed by atoms with Crippen LogP contribution in [0.15, 0.2) is 35.3 Å². The lowest BCUT2D eigenvalue weighted by molar-refractivity contribution is -0.0104. The summed E-state index contributed by atoms with van der Waals surface area (Å²) in [4.78, 5) is 7.74. The van der Waals surface area contributed by atoms with Gasteiger partial charge >= 0.3 is 0 Å². The van der Waals surface area contributed by atoms with Crippen molar-refractivity contribution in [2.45, 2.75) is 43.6 Å².